The van der Waals surface area contributed by atoms with Gasteiger partial charge in [0.2, 0.25) is 0 Å². The summed E-state index contributed by atoms with van der Waals surface area (Å²) in [6.45, 7) is 5.79. The average molecular weight is 305 g/mol. The average Bonchev–Trinajstić information content (AvgIpc) is 2.41. The second-order valence-corrected chi connectivity index (χ2v) is 5.60. The predicted octanol–water partition coefficient (Wildman–Crippen LogP) is 4.12. The molecular weight excluding hydrogens is 288 g/mol. The zero-order chi connectivity index (χ0) is 15.6. The van der Waals surface area contributed by atoms with Crippen molar-refractivity contribution in [1.82, 2.24) is 4.98 Å². The number of carbonyl (C=O) groups is 1. The third kappa shape index (κ3) is 3.73. The molecule has 1 heterocycles. The summed E-state index contributed by atoms with van der Waals surface area (Å²) in [5.41, 5.74) is 2.67. The number of amides is 1. The Morgan fingerprint density at radius 2 is 2.00 bits per heavy atom. The van der Waals surface area contributed by atoms with Crippen LogP contribution in [0.1, 0.15) is 41.4 Å². The van der Waals surface area contributed by atoms with Crippen molar-refractivity contribution >= 4 is 23.2 Å². The van der Waals surface area contributed by atoms with E-state index in [0.29, 0.717) is 16.4 Å². The van der Waals surface area contributed by atoms with Crippen molar-refractivity contribution in [1.29, 1.82) is 0 Å². The molecule has 21 heavy (non-hydrogen) atoms. The van der Waals surface area contributed by atoms with E-state index in [9.17, 15) is 9.90 Å². The number of halogens is 1. The lowest BCUT2D eigenvalue weighted by atomic mass is 10.1. The fourth-order valence-electron chi connectivity index (χ4n) is 1.93. The molecule has 2 aromatic rings. The summed E-state index contributed by atoms with van der Waals surface area (Å²) in [5, 5.41) is 12.5. The van der Waals surface area contributed by atoms with Gasteiger partial charge in [-0.15, -0.1) is 0 Å². The van der Waals surface area contributed by atoms with Crippen molar-refractivity contribution in [3.8, 4) is 5.75 Å². The first-order valence-electron chi connectivity index (χ1n) is 6.65. The summed E-state index contributed by atoms with van der Waals surface area (Å²) in [7, 11) is 0. The monoisotopic (exact) mass is 304 g/mol. The quantitative estimate of drug-likeness (QED) is 0.662. The summed E-state index contributed by atoms with van der Waals surface area (Å²) in [6, 6.07) is 8.06. The number of aromatic hydroxyl groups is 1. The zero-order valence-electron chi connectivity index (χ0n) is 12.1. The second-order valence-electron chi connectivity index (χ2n) is 5.21. The number of phenolic OH excluding ortho intramolecular Hbond substituents is 1. The number of pyridine rings is 1. The molecule has 0 aliphatic rings. The molecule has 2 N–H and O–H groups in total. The fraction of sp³-hybridized carbons (Fsp3) is 0.250. The number of carbonyl (C=O) groups excluding carboxylic acids is 1. The molecule has 0 spiro atoms. The second kappa shape index (κ2) is 6.14. The lowest BCUT2D eigenvalue weighted by molar-refractivity contribution is 0.102. The number of phenols is 1. The summed E-state index contributed by atoms with van der Waals surface area (Å²) in [4.78, 5) is 16.5. The highest BCUT2D eigenvalue weighted by molar-refractivity contribution is 6.29. The molecule has 0 bridgehead atoms. The van der Waals surface area contributed by atoms with E-state index in [4.69, 9.17) is 11.6 Å². The number of aryl methyl sites for hydroxylation is 1. The van der Waals surface area contributed by atoms with Crippen LogP contribution >= 0.6 is 11.6 Å². The van der Waals surface area contributed by atoms with Crippen LogP contribution < -0.4 is 5.32 Å². The minimum atomic E-state index is -0.255. The lowest BCUT2D eigenvalue weighted by Crippen LogP contribution is -2.13. The molecule has 0 saturated carbocycles. The third-order valence-corrected chi connectivity index (χ3v) is 3.32. The fourth-order valence-corrected chi connectivity index (χ4v) is 2.14. The van der Waals surface area contributed by atoms with Gasteiger partial charge in [0.05, 0.1) is 0 Å². The van der Waals surface area contributed by atoms with E-state index >= 15 is 0 Å². The molecule has 5 heteroatoms. The highest BCUT2D eigenvalue weighted by Crippen LogP contribution is 2.22. The van der Waals surface area contributed by atoms with Gasteiger partial charge in [-0.3, -0.25) is 4.79 Å². The number of anilines is 1. The predicted molar refractivity (Wildman–Crippen MR) is 84.1 cm³/mol. The molecular formula is C16H17ClN2O2. The van der Waals surface area contributed by atoms with Crippen molar-refractivity contribution in [3.05, 3.63) is 52.3 Å². The van der Waals surface area contributed by atoms with Crippen molar-refractivity contribution in [2.24, 2.45) is 0 Å². The van der Waals surface area contributed by atoms with E-state index in [1.807, 2.05) is 20.8 Å². The molecule has 0 aliphatic heterocycles. The van der Waals surface area contributed by atoms with Gasteiger partial charge in [0.1, 0.15) is 10.9 Å². The molecule has 0 fully saturated rings. The Labute approximate surface area is 128 Å². The van der Waals surface area contributed by atoms with Crippen LogP contribution in [0.4, 0.5) is 5.69 Å². The van der Waals surface area contributed by atoms with Crippen LogP contribution in [-0.2, 0) is 0 Å². The lowest BCUT2D eigenvalue weighted by Gasteiger charge is -2.11. The zero-order valence-corrected chi connectivity index (χ0v) is 12.9. The highest BCUT2D eigenvalue weighted by atomic mass is 35.5. The third-order valence-electron chi connectivity index (χ3n) is 3.13. The van der Waals surface area contributed by atoms with Crippen molar-refractivity contribution in [3.63, 3.8) is 0 Å². The number of nitrogens with zero attached hydrogens (tertiary/aromatic N) is 1. The van der Waals surface area contributed by atoms with Gasteiger partial charge in [-0.1, -0.05) is 25.4 Å². The first-order valence-corrected chi connectivity index (χ1v) is 7.03. The Morgan fingerprint density at radius 1 is 1.29 bits per heavy atom. The van der Waals surface area contributed by atoms with Crippen LogP contribution in [0.2, 0.25) is 5.15 Å². The number of hydrogen-bond acceptors (Lipinski definition) is 3. The Hall–Kier alpha value is -2.07. The number of nitrogens with one attached hydrogen (secondary N) is 1. The standard InChI is InChI=1S/C16H17ClN2O2/c1-9(2)14-7-11(8-15(17)18-14)16(21)19-13-5-4-12(20)6-10(13)3/h4-9,20H,1-3H3,(H,19,21). The maximum Gasteiger partial charge on any atom is 0.255 e. The summed E-state index contributed by atoms with van der Waals surface area (Å²) < 4.78 is 0. The molecule has 110 valence electrons. The van der Waals surface area contributed by atoms with Crippen LogP contribution in [-0.4, -0.2) is 16.0 Å². The first-order chi connectivity index (χ1) is 9.86. The number of rotatable bonds is 3. The van der Waals surface area contributed by atoms with Crippen LogP contribution in [0, 0.1) is 6.92 Å². The summed E-state index contributed by atoms with van der Waals surface area (Å²) >= 11 is 5.97. The Morgan fingerprint density at radius 3 is 2.62 bits per heavy atom. The smallest absolute Gasteiger partial charge is 0.255 e. The summed E-state index contributed by atoms with van der Waals surface area (Å²) in [6.07, 6.45) is 0. The van der Waals surface area contributed by atoms with E-state index in [2.05, 4.69) is 10.3 Å². The van der Waals surface area contributed by atoms with Crippen LogP contribution in [0.3, 0.4) is 0 Å². The molecule has 0 saturated heterocycles. The summed E-state index contributed by atoms with van der Waals surface area (Å²) in [5.74, 6) is 0.0974. The largest absolute Gasteiger partial charge is 0.508 e. The number of hydrogen-bond donors (Lipinski definition) is 2. The van der Waals surface area contributed by atoms with Gasteiger partial charge in [0, 0.05) is 16.9 Å². The van der Waals surface area contributed by atoms with Crippen LogP contribution in [0.5, 0.6) is 5.75 Å². The van der Waals surface area contributed by atoms with Crippen LogP contribution in [0.25, 0.3) is 0 Å². The van der Waals surface area contributed by atoms with E-state index in [0.717, 1.165) is 11.3 Å². The maximum atomic E-state index is 12.3. The first kappa shape index (κ1) is 15.3. The van der Waals surface area contributed by atoms with Crippen molar-refractivity contribution in [2.45, 2.75) is 26.7 Å². The van der Waals surface area contributed by atoms with E-state index in [1.54, 1.807) is 24.3 Å². The molecule has 0 atom stereocenters. The highest BCUT2D eigenvalue weighted by Gasteiger charge is 2.12. The normalized spacial score (nSPS) is 10.7. The van der Waals surface area contributed by atoms with Gasteiger partial charge in [-0.2, -0.15) is 0 Å². The van der Waals surface area contributed by atoms with E-state index in [1.165, 1.54) is 6.07 Å². The molecule has 1 aromatic heterocycles. The molecule has 1 aromatic carbocycles. The van der Waals surface area contributed by atoms with Gasteiger partial charge in [-0.25, -0.2) is 4.98 Å². The minimum absolute atomic E-state index is 0.166. The molecule has 0 unspecified atom stereocenters. The van der Waals surface area contributed by atoms with Gasteiger partial charge in [0.25, 0.3) is 5.91 Å². The van der Waals surface area contributed by atoms with Crippen molar-refractivity contribution in [2.75, 3.05) is 5.32 Å². The van der Waals surface area contributed by atoms with Crippen LogP contribution in [0.15, 0.2) is 30.3 Å². The molecule has 1 amide bonds. The van der Waals surface area contributed by atoms with Gasteiger partial charge in [0.15, 0.2) is 0 Å². The Bertz CT molecular complexity index is 684. The molecule has 4 nitrogen and oxygen atoms in total. The van der Waals surface area contributed by atoms with E-state index < -0.39 is 0 Å². The minimum Gasteiger partial charge on any atom is -0.508 e. The molecule has 0 aliphatic carbocycles. The SMILES string of the molecule is Cc1cc(O)ccc1NC(=O)c1cc(Cl)nc(C(C)C)c1. The maximum absolute atomic E-state index is 12.3. The van der Waals surface area contributed by atoms with Gasteiger partial charge < -0.3 is 10.4 Å². The van der Waals surface area contributed by atoms with Gasteiger partial charge in [-0.05, 0) is 48.7 Å². The molecule has 2 rings (SSSR count). The van der Waals surface area contributed by atoms with Crippen molar-refractivity contribution < 1.29 is 9.90 Å². The molecule has 0 radical (unpaired) electrons. The van der Waals surface area contributed by atoms with Gasteiger partial charge >= 0.3 is 0 Å². The Balaban J connectivity index is 2.28. The Kier molecular flexibility index (Phi) is 4.48. The number of benzene rings is 1. The van der Waals surface area contributed by atoms with E-state index in [-0.39, 0.29) is 17.6 Å². The topological polar surface area (TPSA) is 62.2 Å². The number of aromatic nitrogens is 1.